The molecule has 4 aromatic rings. The van der Waals surface area contributed by atoms with Crippen molar-refractivity contribution in [3.63, 3.8) is 0 Å². The van der Waals surface area contributed by atoms with Gasteiger partial charge >= 0.3 is 12.1 Å². The number of amides is 4. The summed E-state index contributed by atoms with van der Waals surface area (Å²) in [6, 6.07) is 10.9. The Kier molecular flexibility index (Phi) is 13.2. The molecule has 5 rings (SSSR count). The fourth-order valence-electron chi connectivity index (χ4n) is 7.25. The second kappa shape index (κ2) is 17.7. The highest BCUT2D eigenvalue weighted by molar-refractivity contribution is 6.05. The minimum Gasteiger partial charge on any atom is -0.497 e. The molecule has 1 heterocycles. The van der Waals surface area contributed by atoms with Gasteiger partial charge in [0.1, 0.15) is 29.2 Å². The molecule has 310 valence electrons. The number of anilines is 1. The van der Waals surface area contributed by atoms with Gasteiger partial charge in [-0.1, -0.05) is 70.9 Å². The van der Waals surface area contributed by atoms with Gasteiger partial charge in [-0.15, -0.1) is 0 Å². The number of halogens is 4. The second-order valence-electron chi connectivity index (χ2n) is 14.8. The third-order valence-electron chi connectivity index (χ3n) is 11.0. The van der Waals surface area contributed by atoms with Gasteiger partial charge in [0.05, 0.1) is 35.9 Å². The number of carbonyl (C=O) groups excluding carboxylic acids is 4. The maximum absolute atomic E-state index is 14.8. The van der Waals surface area contributed by atoms with E-state index < -0.39 is 76.6 Å². The number of ether oxygens (including phenoxy) is 1. The molecule has 6 N–H and O–H groups in total. The summed E-state index contributed by atoms with van der Waals surface area (Å²) < 4.78 is 61.9. The van der Waals surface area contributed by atoms with Gasteiger partial charge < -0.3 is 36.1 Å². The molecule has 1 aliphatic rings. The van der Waals surface area contributed by atoms with Crippen molar-refractivity contribution in [2.75, 3.05) is 12.4 Å². The van der Waals surface area contributed by atoms with E-state index in [0.29, 0.717) is 24.1 Å². The van der Waals surface area contributed by atoms with Gasteiger partial charge in [-0.2, -0.15) is 13.2 Å². The lowest BCUT2D eigenvalue weighted by molar-refractivity contribution is -0.138. The summed E-state index contributed by atoms with van der Waals surface area (Å²) in [4.78, 5) is 71.4. The molecule has 58 heavy (non-hydrogen) atoms. The zero-order valence-electron chi connectivity index (χ0n) is 32.7. The van der Waals surface area contributed by atoms with E-state index in [-0.39, 0.29) is 59.2 Å². The standard InChI is InChI=1S/C42H47F4N5O7/c1-6-22(3)34(37(53)48-31-16-15-25(58-5)20-27(31)39(55)56)50-40(57)41(18-17-32-28(21-41)26-12-10-13-29(36(26)47-32)42(44,45)46)51-38(54)35(23(4)7-2)49-33(52)19-24-11-8-9-14-30(24)43/h8-16,20,22-23,34-35,47H,6-7,17-19,21H2,1-5H3,(H,48,53)(H,49,52)(H,50,57)(H,51,54)(H,55,56). The van der Waals surface area contributed by atoms with Gasteiger partial charge in [0.15, 0.2) is 0 Å². The van der Waals surface area contributed by atoms with Crippen LogP contribution in [0, 0.1) is 17.7 Å². The highest BCUT2D eigenvalue weighted by Crippen LogP contribution is 2.40. The topological polar surface area (TPSA) is 179 Å². The Labute approximate surface area is 332 Å². The maximum Gasteiger partial charge on any atom is 0.418 e. The molecule has 16 heteroatoms. The first-order valence-corrected chi connectivity index (χ1v) is 19.0. The van der Waals surface area contributed by atoms with Crippen LogP contribution >= 0.6 is 0 Å². The van der Waals surface area contributed by atoms with Gasteiger partial charge in [0.25, 0.3) is 0 Å². The average Bonchev–Trinajstić information content (AvgIpc) is 3.56. The first kappa shape index (κ1) is 43.2. The summed E-state index contributed by atoms with van der Waals surface area (Å²) >= 11 is 0. The molecular formula is C42H47F4N5O7. The molecule has 3 aromatic carbocycles. The van der Waals surface area contributed by atoms with E-state index in [9.17, 15) is 46.6 Å². The lowest BCUT2D eigenvalue weighted by Gasteiger charge is -2.39. The number of benzene rings is 3. The maximum atomic E-state index is 14.8. The van der Waals surface area contributed by atoms with Crippen LogP contribution in [-0.4, -0.2) is 64.4 Å². The molecule has 0 spiro atoms. The van der Waals surface area contributed by atoms with Crippen LogP contribution in [0.1, 0.15) is 79.7 Å². The minimum atomic E-state index is -4.69. The highest BCUT2D eigenvalue weighted by Gasteiger charge is 2.47. The number of hydrogen-bond acceptors (Lipinski definition) is 6. The fraction of sp³-hybridized carbons (Fsp3) is 0.405. The summed E-state index contributed by atoms with van der Waals surface area (Å²) in [7, 11) is 1.35. The smallest absolute Gasteiger partial charge is 0.418 e. The van der Waals surface area contributed by atoms with Crippen LogP contribution in [0.4, 0.5) is 23.2 Å². The molecule has 12 nitrogen and oxygen atoms in total. The summed E-state index contributed by atoms with van der Waals surface area (Å²) in [5.41, 5.74) is -2.35. The Morgan fingerprint density at radius 1 is 0.914 bits per heavy atom. The van der Waals surface area contributed by atoms with Gasteiger partial charge in [-0.3, -0.25) is 19.2 Å². The molecule has 0 saturated carbocycles. The molecule has 4 amide bonds. The van der Waals surface area contributed by atoms with E-state index in [1.807, 2.05) is 0 Å². The zero-order valence-corrected chi connectivity index (χ0v) is 32.7. The minimum absolute atomic E-state index is 0.0245. The number of aromatic carboxylic acids is 1. The third kappa shape index (κ3) is 9.27. The number of aryl methyl sites for hydroxylation is 1. The van der Waals surface area contributed by atoms with Crippen LogP contribution in [0.2, 0.25) is 0 Å². The van der Waals surface area contributed by atoms with Gasteiger partial charge in [-0.25, -0.2) is 9.18 Å². The van der Waals surface area contributed by atoms with Crippen molar-refractivity contribution >= 4 is 46.2 Å². The van der Waals surface area contributed by atoms with E-state index >= 15 is 0 Å². The van der Waals surface area contributed by atoms with Crippen molar-refractivity contribution in [3.8, 4) is 5.75 Å². The first-order valence-electron chi connectivity index (χ1n) is 19.0. The zero-order chi connectivity index (χ0) is 42.5. The van der Waals surface area contributed by atoms with Crippen molar-refractivity contribution in [2.45, 2.75) is 90.0 Å². The number of alkyl halides is 3. The average molecular weight is 810 g/mol. The predicted octanol–water partition coefficient (Wildman–Crippen LogP) is 6.32. The number of para-hydroxylation sites is 1. The Balaban J connectivity index is 1.53. The SMILES string of the molecule is CCC(C)C(NC(=O)Cc1ccccc1F)C(=O)NC1(C(=O)NC(C(=O)Nc2ccc(OC)cc2C(=O)O)C(C)CC)CCc2[nH]c3c(C(F)(F)F)cccc3c2C1. The molecule has 1 aliphatic carbocycles. The van der Waals surface area contributed by atoms with E-state index in [4.69, 9.17) is 4.74 Å². The van der Waals surface area contributed by atoms with E-state index in [0.717, 1.165) is 6.07 Å². The van der Waals surface area contributed by atoms with Crippen molar-refractivity contribution in [1.29, 1.82) is 0 Å². The van der Waals surface area contributed by atoms with Gasteiger partial charge in [0.2, 0.25) is 23.6 Å². The van der Waals surface area contributed by atoms with Gasteiger partial charge in [-0.05, 0) is 66.1 Å². The summed E-state index contributed by atoms with van der Waals surface area (Å²) in [6.07, 6.45) is -4.65. The largest absolute Gasteiger partial charge is 0.497 e. The number of H-pyrrole nitrogens is 1. The van der Waals surface area contributed by atoms with Crippen LogP contribution in [0.25, 0.3) is 10.9 Å². The number of carboxylic acids is 1. The second-order valence-corrected chi connectivity index (χ2v) is 14.8. The number of aromatic amines is 1. The number of aromatic nitrogens is 1. The number of carbonyl (C=O) groups is 5. The summed E-state index contributed by atoms with van der Waals surface area (Å²) in [5, 5.41) is 21.0. The Hall–Kier alpha value is -5.93. The van der Waals surface area contributed by atoms with Crippen LogP contribution in [-0.2, 0) is 44.6 Å². The molecule has 0 aliphatic heterocycles. The quantitative estimate of drug-likeness (QED) is 0.0761. The number of hydrogen-bond donors (Lipinski definition) is 6. The predicted molar refractivity (Wildman–Crippen MR) is 208 cm³/mol. The van der Waals surface area contributed by atoms with E-state index in [2.05, 4.69) is 26.3 Å². The molecular weight excluding hydrogens is 762 g/mol. The Morgan fingerprint density at radius 2 is 1.59 bits per heavy atom. The molecule has 0 bridgehead atoms. The summed E-state index contributed by atoms with van der Waals surface area (Å²) in [6.45, 7) is 6.98. The number of methoxy groups -OCH3 is 1. The van der Waals surface area contributed by atoms with E-state index in [1.165, 1.54) is 55.6 Å². The van der Waals surface area contributed by atoms with Crippen LogP contribution in [0.5, 0.6) is 5.75 Å². The normalized spacial score (nSPS) is 17.3. The van der Waals surface area contributed by atoms with Crippen molar-refractivity contribution in [3.05, 3.63) is 94.4 Å². The lowest BCUT2D eigenvalue weighted by atomic mass is 9.78. The summed E-state index contributed by atoms with van der Waals surface area (Å²) in [5.74, 6) is -5.73. The molecule has 1 aromatic heterocycles. The number of carboxylic acid groups (broad SMARTS) is 1. The van der Waals surface area contributed by atoms with Crippen LogP contribution < -0.4 is 26.0 Å². The van der Waals surface area contributed by atoms with Gasteiger partial charge in [0, 0.05) is 17.5 Å². The Bertz CT molecular complexity index is 2210. The van der Waals surface area contributed by atoms with Crippen molar-refractivity contribution in [1.82, 2.24) is 20.9 Å². The van der Waals surface area contributed by atoms with Crippen molar-refractivity contribution < 1.29 is 51.4 Å². The molecule has 0 fully saturated rings. The highest BCUT2D eigenvalue weighted by atomic mass is 19.4. The Morgan fingerprint density at radius 3 is 2.21 bits per heavy atom. The molecule has 5 unspecified atom stereocenters. The van der Waals surface area contributed by atoms with Crippen molar-refractivity contribution in [2.24, 2.45) is 11.8 Å². The fourth-order valence-corrected chi connectivity index (χ4v) is 7.25. The lowest BCUT2D eigenvalue weighted by Crippen LogP contribution is -2.67. The third-order valence-corrected chi connectivity index (χ3v) is 11.0. The number of fused-ring (bicyclic) bond motifs is 3. The van der Waals surface area contributed by atoms with E-state index in [1.54, 1.807) is 33.8 Å². The number of rotatable bonds is 15. The van der Waals surface area contributed by atoms with Crippen LogP contribution in [0.15, 0.2) is 60.7 Å². The monoisotopic (exact) mass is 809 g/mol. The molecule has 0 radical (unpaired) electrons. The molecule has 5 atom stereocenters. The van der Waals surface area contributed by atoms with Crippen LogP contribution in [0.3, 0.4) is 0 Å². The number of nitrogens with one attached hydrogen (secondary N) is 5. The molecule has 0 saturated heterocycles. The first-order chi connectivity index (χ1) is 27.4.